The summed E-state index contributed by atoms with van der Waals surface area (Å²) >= 11 is 14.4. The standard InChI is InChI=1S/C12H25NO2.2C11H19N3O5.C11H22N2O4.C11H20N2O3.CHCl3.6CH4/c1-9(2)7-13(6)12(14)8-15-11(5)10(3)4;2*1-6-4-14(3)8(15)5-19-9(11(17)13-18)7(2)10(16)12-6;1-7(12)5-13(4)10(14)6-17-9(3)8(2)11(15)16;1-7-5-13(4)10(14)6-16-9(3)8(2)11(15)12-7;2-1(3)4;;;;;;/h9-11H,7-8H2,1-6H3;2*6-7,9,18H,4-5H2,1-3H3,(H,12,16)(H,13,17);7-9H,5-6,12H2,1-4H3,(H,15,16);7-9H,5-6H2,1-4H3,(H,12,15);1H;6*1H4. The van der Waals surface area contributed by atoms with Crippen molar-refractivity contribution in [1.82, 2.24) is 51.4 Å². The van der Waals surface area contributed by atoms with Crippen molar-refractivity contribution in [2.75, 3.05) is 101 Å². The average molecular weight is 1450 g/mol. The average Bonchev–Trinajstić information content (AvgIpc) is 0.888. The third kappa shape index (κ3) is 47.6. The molecule has 0 aliphatic carbocycles. The van der Waals surface area contributed by atoms with Crippen molar-refractivity contribution in [3.8, 4) is 0 Å². The minimum absolute atomic E-state index is 0. The molecule has 3 saturated heterocycles. The van der Waals surface area contributed by atoms with Crippen LogP contribution in [0.5, 0.6) is 0 Å². The van der Waals surface area contributed by atoms with Gasteiger partial charge in [0.2, 0.25) is 47.3 Å². The number of carbonyl (C=O) groups is 11. The van der Waals surface area contributed by atoms with E-state index in [0.29, 0.717) is 38.0 Å². The monoisotopic (exact) mass is 1450 g/mol. The van der Waals surface area contributed by atoms with Gasteiger partial charge in [-0.05, 0) is 67.2 Å². The summed E-state index contributed by atoms with van der Waals surface area (Å²) in [6.45, 7) is 29.3. The van der Waals surface area contributed by atoms with Crippen molar-refractivity contribution in [3.63, 3.8) is 0 Å². The van der Waals surface area contributed by atoms with Crippen LogP contribution in [-0.4, -0.2) is 265 Å². The highest BCUT2D eigenvalue weighted by atomic mass is 35.6. The molecule has 96 heavy (non-hydrogen) atoms. The van der Waals surface area contributed by atoms with E-state index >= 15 is 0 Å². The van der Waals surface area contributed by atoms with Crippen LogP contribution >= 0.6 is 34.8 Å². The number of carbonyl (C=O) groups excluding carboxylic acids is 10. The number of hydroxylamine groups is 2. The van der Waals surface area contributed by atoms with Crippen molar-refractivity contribution >= 4 is 99.8 Å². The minimum Gasteiger partial charge on any atom is -0.481 e. The van der Waals surface area contributed by atoms with Crippen LogP contribution in [0.3, 0.4) is 0 Å². The molecule has 572 valence electrons. The maximum absolute atomic E-state index is 11.9. The van der Waals surface area contributed by atoms with E-state index in [0.717, 1.165) is 6.54 Å². The summed E-state index contributed by atoms with van der Waals surface area (Å²) < 4.78 is 25.6. The summed E-state index contributed by atoms with van der Waals surface area (Å²) in [4.78, 5) is 135. The second-order valence-electron chi connectivity index (χ2n) is 23.4. The first-order valence-electron chi connectivity index (χ1n) is 29.4. The molecule has 0 radical (unpaired) electrons. The van der Waals surface area contributed by atoms with Crippen molar-refractivity contribution < 1.29 is 91.9 Å². The van der Waals surface area contributed by atoms with Crippen LogP contribution in [0.1, 0.15) is 148 Å². The summed E-state index contributed by atoms with van der Waals surface area (Å²) in [7, 11) is 8.34. The highest BCUT2D eigenvalue weighted by Crippen LogP contribution is 2.15. The molecule has 3 fully saturated rings. The molecular formula is C63H130Cl3N11O19. The Morgan fingerprint density at radius 2 is 0.844 bits per heavy atom. The van der Waals surface area contributed by atoms with Gasteiger partial charge in [0.05, 0.1) is 42.0 Å². The Hall–Kier alpha value is -5.28. The molecule has 3 aliphatic heterocycles. The van der Waals surface area contributed by atoms with E-state index in [2.05, 4.69) is 43.6 Å². The lowest BCUT2D eigenvalue weighted by Gasteiger charge is -2.29. The Bertz CT molecular complexity index is 2160. The first kappa shape index (κ1) is 109. The van der Waals surface area contributed by atoms with Gasteiger partial charge in [-0.2, -0.15) is 0 Å². The number of rotatable bonds is 15. The number of carboxylic acids is 1. The number of alkyl halides is 3. The third-order valence-corrected chi connectivity index (χ3v) is 13.9. The number of halogens is 3. The molecule has 0 saturated carbocycles. The first-order valence-corrected chi connectivity index (χ1v) is 30.8. The maximum Gasteiger partial charge on any atom is 0.308 e. The Morgan fingerprint density at radius 1 is 0.552 bits per heavy atom. The van der Waals surface area contributed by atoms with Crippen LogP contribution in [0.2, 0.25) is 0 Å². The molecule has 0 aromatic rings. The number of hydrogen-bond acceptors (Lipinski definition) is 19. The highest BCUT2D eigenvalue weighted by molar-refractivity contribution is 6.63. The van der Waals surface area contributed by atoms with Crippen molar-refractivity contribution in [2.45, 2.75) is 207 Å². The molecular weight excluding hydrogens is 1320 g/mol. The molecule has 10 N–H and O–H groups in total. The number of nitrogens with two attached hydrogens (primary N) is 1. The van der Waals surface area contributed by atoms with E-state index in [1.165, 1.54) is 39.5 Å². The Morgan fingerprint density at radius 3 is 1.12 bits per heavy atom. The number of aliphatic carboxylic acids is 1. The molecule has 3 aliphatic rings. The van der Waals surface area contributed by atoms with Crippen LogP contribution in [-0.2, 0) is 76.4 Å². The number of nitrogens with zero attached hydrogens (tertiary/aromatic N) is 5. The lowest BCUT2D eigenvalue weighted by molar-refractivity contribution is -0.156. The van der Waals surface area contributed by atoms with Gasteiger partial charge in [0, 0.05) is 92.1 Å². The third-order valence-electron chi connectivity index (χ3n) is 13.9. The molecule has 33 heteroatoms. The molecule has 10 amide bonds. The lowest BCUT2D eigenvalue weighted by atomic mass is 10.0. The van der Waals surface area contributed by atoms with Crippen molar-refractivity contribution in [3.05, 3.63) is 0 Å². The van der Waals surface area contributed by atoms with Crippen LogP contribution in [0, 0.1) is 35.5 Å². The van der Waals surface area contributed by atoms with E-state index in [4.69, 9.17) is 79.7 Å². The second kappa shape index (κ2) is 57.6. The van der Waals surface area contributed by atoms with Crippen LogP contribution in [0.4, 0.5) is 0 Å². The molecule has 0 spiro atoms. The molecule has 0 bridgehead atoms. The topological polar surface area (TPSA) is 397 Å². The van der Waals surface area contributed by atoms with Gasteiger partial charge in [0.15, 0.2) is 4.30 Å². The van der Waals surface area contributed by atoms with E-state index in [1.54, 1.807) is 72.6 Å². The van der Waals surface area contributed by atoms with Crippen LogP contribution < -0.4 is 32.6 Å². The fourth-order valence-electron chi connectivity index (χ4n) is 7.65. The van der Waals surface area contributed by atoms with Gasteiger partial charge in [-0.1, -0.05) is 128 Å². The molecule has 13 atom stereocenters. The summed E-state index contributed by atoms with van der Waals surface area (Å²) in [6, 6.07) is -0.604. The fourth-order valence-corrected chi connectivity index (χ4v) is 7.65. The van der Waals surface area contributed by atoms with E-state index in [-0.39, 0.29) is 167 Å². The number of hydrogen-bond donors (Lipinski definition) is 9. The minimum atomic E-state index is -1.22. The van der Waals surface area contributed by atoms with Crippen LogP contribution in [0.15, 0.2) is 0 Å². The Balaban J connectivity index is -0.000000137. The number of amides is 10. The molecule has 30 nitrogen and oxygen atoms in total. The molecule has 13 unspecified atom stereocenters. The van der Waals surface area contributed by atoms with E-state index in [1.807, 2.05) is 34.7 Å². The zero-order valence-corrected chi connectivity index (χ0v) is 58.4. The highest BCUT2D eigenvalue weighted by Gasteiger charge is 2.36. The second-order valence-corrected chi connectivity index (χ2v) is 25.4. The first-order chi connectivity index (χ1) is 41.5. The SMILES string of the molecule is C.C.C.C.C.C.CC(C)CN(C)C(=O)COC(C)C(C)C.CC(N)CN(C)C(=O)COC(C)C(C)C(=O)O.CC1CN(C)C(=O)COC(C(=O)NO)C(C)C(=O)N1.CC1CN(C)C(=O)COC(C(=O)NO)C(C)C(=O)N1.CC1CN(C)C(=O)COC(C)C(C)C(=O)N1.ClC(Cl)Cl. The van der Waals surface area contributed by atoms with Crippen LogP contribution in [0.25, 0.3) is 0 Å². The number of likely N-dealkylation sites (N-methyl/N-ethyl adjacent to an activating group) is 5. The summed E-state index contributed by atoms with van der Waals surface area (Å²) in [6.07, 6.45) is -3.04. The normalized spacial score (nSPS) is 22.6. The van der Waals surface area contributed by atoms with Crippen molar-refractivity contribution in [1.29, 1.82) is 0 Å². The van der Waals surface area contributed by atoms with Gasteiger partial charge in [0.1, 0.15) is 45.2 Å². The quantitative estimate of drug-likeness (QED) is 0.0600. The fraction of sp³-hybridized carbons (Fsp3) is 0.825. The zero-order chi connectivity index (χ0) is 70.6. The largest absolute Gasteiger partial charge is 0.481 e. The van der Waals surface area contributed by atoms with Gasteiger partial charge in [0.25, 0.3) is 11.8 Å². The van der Waals surface area contributed by atoms with Crippen molar-refractivity contribution in [2.24, 2.45) is 41.2 Å². The lowest BCUT2D eigenvalue weighted by Crippen LogP contribution is -2.52. The van der Waals surface area contributed by atoms with E-state index in [9.17, 15) is 52.7 Å². The summed E-state index contributed by atoms with van der Waals surface area (Å²) in [5.74, 6) is -5.75. The van der Waals surface area contributed by atoms with E-state index < -0.39 is 58.1 Å². The van der Waals surface area contributed by atoms with Gasteiger partial charge in [-0.25, -0.2) is 11.0 Å². The number of nitrogens with one attached hydrogen (secondary N) is 5. The number of ether oxygens (including phenoxy) is 5. The predicted molar refractivity (Wildman–Crippen MR) is 376 cm³/mol. The molecule has 3 heterocycles. The summed E-state index contributed by atoms with van der Waals surface area (Å²) in [5, 5.41) is 34.3. The van der Waals surface area contributed by atoms with Gasteiger partial charge >= 0.3 is 5.97 Å². The maximum atomic E-state index is 11.9. The predicted octanol–water partition coefficient (Wildman–Crippen LogP) is 4.87. The van der Waals surface area contributed by atoms with Gasteiger partial charge in [-0.15, -0.1) is 0 Å². The smallest absolute Gasteiger partial charge is 0.308 e. The van der Waals surface area contributed by atoms with Gasteiger partial charge in [-0.3, -0.25) is 63.2 Å². The summed E-state index contributed by atoms with van der Waals surface area (Å²) in [5.41, 5.74) is 8.44. The van der Waals surface area contributed by atoms with Gasteiger partial charge < -0.3 is 75.0 Å². The molecule has 0 aromatic carbocycles. The Labute approximate surface area is 590 Å². The molecule has 0 aromatic heterocycles. The Kier molecular flexibility index (Phi) is 65.6. The zero-order valence-electron chi connectivity index (χ0n) is 56.1. The number of carboxylic acid groups (broad SMARTS) is 1. The molecule has 3 rings (SSSR count).